The maximum Gasteiger partial charge on any atom is 0.0983 e. The van der Waals surface area contributed by atoms with E-state index in [1.807, 2.05) is 24.2 Å². The van der Waals surface area contributed by atoms with Crippen LogP contribution in [0.15, 0.2) is 11.6 Å². The van der Waals surface area contributed by atoms with Gasteiger partial charge in [0.2, 0.25) is 0 Å². The molecule has 1 aliphatic rings. The van der Waals surface area contributed by atoms with Crippen LogP contribution in [0.4, 0.5) is 0 Å². The molecule has 76 valence electrons. The minimum atomic E-state index is -0.850. The lowest BCUT2D eigenvalue weighted by Gasteiger charge is -2.24. The minimum Gasteiger partial charge on any atom is -0.379 e. The van der Waals surface area contributed by atoms with Crippen LogP contribution in [0.1, 0.15) is 13.8 Å². The second kappa shape index (κ2) is 5.52. The van der Waals surface area contributed by atoms with Gasteiger partial charge >= 0.3 is 0 Å². The zero-order valence-electron chi connectivity index (χ0n) is 8.28. The van der Waals surface area contributed by atoms with E-state index >= 15 is 0 Å². The summed E-state index contributed by atoms with van der Waals surface area (Å²) in [6.07, 6.45) is 2.02. The van der Waals surface area contributed by atoms with Crippen LogP contribution in [0, 0.1) is 0 Å². The first kappa shape index (κ1) is 10.9. The molecule has 0 spiro atoms. The Kier molecular flexibility index (Phi) is 4.62. The summed E-state index contributed by atoms with van der Waals surface area (Å²) in [6.45, 7) is 7.06. The average Bonchev–Trinajstić information content (AvgIpc) is 2.15. The smallest absolute Gasteiger partial charge is 0.0983 e. The lowest BCUT2D eigenvalue weighted by molar-refractivity contribution is 0.0753. The zero-order valence-corrected chi connectivity index (χ0v) is 9.10. The monoisotopic (exact) mass is 203 g/mol. The topological polar surface area (TPSA) is 29.5 Å². The van der Waals surface area contributed by atoms with Crippen LogP contribution in [0.3, 0.4) is 0 Å². The van der Waals surface area contributed by atoms with Gasteiger partial charge in [0.25, 0.3) is 0 Å². The molecular formula is C9H17NO2S. The Morgan fingerprint density at radius 2 is 2.08 bits per heavy atom. The molecular weight excluding hydrogens is 186 g/mol. The maximum atomic E-state index is 11.6. The molecule has 0 saturated carbocycles. The fourth-order valence-electron chi connectivity index (χ4n) is 1.09. The zero-order chi connectivity index (χ0) is 9.68. The fourth-order valence-corrected chi connectivity index (χ4v) is 2.34. The van der Waals surface area contributed by atoms with Gasteiger partial charge in [-0.15, -0.1) is 0 Å². The standard InChI is InChI=1S/C9H17NO2S/c1-9(2)3-8-13(11)10-4-6-12-7-5-10/h3H,4-8H2,1-2H3. The first-order valence-electron chi connectivity index (χ1n) is 4.54. The van der Waals surface area contributed by atoms with Gasteiger partial charge in [0, 0.05) is 13.1 Å². The maximum absolute atomic E-state index is 11.6. The van der Waals surface area contributed by atoms with Crippen molar-refractivity contribution < 1.29 is 8.95 Å². The Hall–Kier alpha value is -0.190. The summed E-state index contributed by atoms with van der Waals surface area (Å²) in [5.74, 6) is 0.641. The van der Waals surface area contributed by atoms with E-state index in [-0.39, 0.29) is 0 Å². The second-order valence-electron chi connectivity index (χ2n) is 3.31. The van der Waals surface area contributed by atoms with Gasteiger partial charge in [-0.25, -0.2) is 8.51 Å². The molecule has 0 N–H and O–H groups in total. The van der Waals surface area contributed by atoms with Gasteiger partial charge in [-0.1, -0.05) is 11.6 Å². The Balaban J connectivity index is 2.33. The van der Waals surface area contributed by atoms with Crippen LogP contribution >= 0.6 is 0 Å². The van der Waals surface area contributed by atoms with E-state index < -0.39 is 11.0 Å². The highest BCUT2D eigenvalue weighted by Crippen LogP contribution is 2.02. The molecule has 1 unspecified atom stereocenters. The van der Waals surface area contributed by atoms with Crippen LogP contribution in [-0.2, 0) is 15.7 Å². The van der Waals surface area contributed by atoms with Crippen molar-refractivity contribution in [3.8, 4) is 0 Å². The van der Waals surface area contributed by atoms with Crippen molar-refractivity contribution in [2.75, 3.05) is 32.1 Å². The predicted octanol–water partition coefficient (Wildman–Crippen LogP) is 0.949. The van der Waals surface area contributed by atoms with Gasteiger partial charge < -0.3 is 4.74 Å². The minimum absolute atomic E-state index is 0.641. The highest BCUT2D eigenvalue weighted by atomic mass is 32.2. The van der Waals surface area contributed by atoms with E-state index in [0.717, 1.165) is 13.1 Å². The lowest BCUT2D eigenvalue weighted by atomic mass is 10.3. The van der Waals surface area contributed by atoms with Crippen molar-refractivity contribution in [1.82, 2.24) is 4.31 Å². The van der Waals surface area contributed by atoms with Crippen molar-refractivity contribution in [3.63, 3.8) is 0 Å². The Bertz CT molecular complexity index is 206. The molecule has 0 bridgehead atoms. The first-order valence-corrected chi connectivity index (χ1v) is 5.82. The molecule has 0 radical (unpaired) electrons. The first-order chi connectivity index (χ1) is 6.20. The van der Waals surface area contributed by atoms with E-state index in [2.05, 4.69) is 0 Å². The van der Waals surface area contributed by atoms with Crippen molar-refractivity contribution in [2.45, 2.75) is 13.8 Å². The molecule has 13 heavy (non-hydrogen) atoms. The van der Waals surface area contributed by atoms with E-state index in [1.165, 1.54) is 5.57 Å². The van der Waals surface area contributed by atoms with Crippen LogP contribution in [0.5, 0.6) is 0 Å². The molecule has 1 fully saturated rings. The fraction of sp³-hybridized carbons (Fsp3) is 0.778. The van der Waals surface area contributed by atoms with Crippen molar-refractivity contribution in [3.05, 3.63) is 11.6 Å². The summed E-state index contributed by atoms with van der Waals surface area (Å²) in [6, 6.07) is 0. The highest BCUT2D eigenvalue weighted by molar-refractivity contribution is 7.82. The van der Waals surface area contributed by atoms with E-state index in [0.29, 0.717) is 19.0 Å². The third-order valence-electron chi connectivity index (χ3n) is 1.89. The number of hydrogen-bond donors (Lipinski definition) is 0. The molecule has 1 heterocycles. The molecule has 0 aliphatic carbocycles. The van der Waals surface area contributed by atoms with E-state index in [9.17, 15) is 4.21 Å². The molecule has 1 atom stereocenters. The van der Waals surface area contributed by atoms with Crippen LogP contribution in [-0.4, -0.2) is 40.6 Å². The third-order valence-corrected chi connectivity index (χ3v) is 3.29. The summed E-state index contributed by atoms with van der Waals surface area (Å²) in [5.41, 5.74) is 1.22. The van der Waals surface area contributed by atoms with Gasteiger partial charge in [-0.3, -0.25) is 0 Å². The van der Waals surface area contributed by atoms with Crippen LogP contribution in [0.25, 0.3) is 0 Å². The van der Waals surface area contributed by atoms with Crippen molar-refractivity contribution in [2.24, 2.45) is 0 Å². The number of ether oxygens (including phenoxy) is 1. The van der Waals surface area contributed by atoms with Gasteiger partial charge in [-0.2, -0.15) is 0 Å². The molecule has 0 aromatic rings. The summed E-state index contributed by atoms with van der Waals surface area (Å²) in [5, 5.41) is 0. The van der Waals surface area contributed by atoms with Gasteiger partial charge in [0.1, 0.15) is 0 Å². The number of nitrogens with zero attached hydrogens (tertiary/aromatic N) is 1. The Morgan fingerprint density at radius 3 is 2.62 bits per heavy atom. The SMILES string of the molecule is CC(C)=CCS(=O)N1CCOCC1. The van der Waals surface area contributed by atoms with Gasteiger partial charge in [-0.05, 0) is 13.8 Å². The highest BCUT2D eigenvalue weighted by Gasteiger charge is 2.15. The van der Waals surface area contributed by atoms with Gasteiger partial charge in [0.05, 0.1) is 30.0 Å². The molecule has 0 aromatic carbocycles. The summed E-state index contributed by atoms with van der Waals surface area (Å²) < 4.78 is 18.8. The summed E-state index contributed by atoms with van der Waals surface area (Å²) in [4.78, 5) is 0. The Morgan fingerprint density at radius 1 is 1.46 bits per heavy atom. The second-order valence-corrected chi connectivity index (χ2v) is 4.80. The normalized spacial score (nSPS) is 21.1. The largest absolute Gasteiger partial charge is 0.379 e. The number of rotatable bonds is 3. The predicted molar refractivity (Wildman–Crippen MR) is 54.8 cm³/mol. The van der Waals surface area contributed by atoms with Crippen molar-refractivity contribution in [1.29, 1.82) is 0 Å². The number of morpholine rings is 1. The quantitative estimate of drug-likeness (QED) is 0.639. The third kappa shape index (κ3) is 4.02. The molecule has 1 rings (SSSR count). The molecule has 0 amide bonds. The molecule has 3 nitrogen and oxygen atoms in total. The average molecular weight is 203 g/mol. The number of allylic oxidation sites excluding steroid dienone is 1. The van der Waals surface area contributed by atoms with Crippen LogP contribution < -0.4 is 0 Å². The molecule has 1 aliphatic heterocycles. The summed E-state index contributed by atoms with van der Waals surface area (Å²) in [7, 11) is -0.850. The molecule has 4 heteroatoms. The van der Waals surface area contributed by atoms with E-state index in [4.69, 9.17) is 4.74 Å². The summed E-state index contributed by atoms with van der Waals surface area (Å²) >= 11 is 0. The molecule has 0 aromatic heterocycles. The van der Waals surface area contributed by atoms with Crippen LogP contribution in [0.2, 0.25) is 0 Å². The number of hydrogen-bond acceptors (Lipinski definition) is 2. The lowest BCUT2D eigenvalue weighted by Crippen LogP contribution is -2.38. The molecule has 1 saturated heterocycles. The van der Waals surface area contributed by atoms with E-state index in [1.54, 1.807) is 0 Å². The van der Waals surface area contributed by atoms with Gasteiger partial charge in [0.15, 0.2) is 0 Å². The Labute approximate surface area is 82.3 Å². The van der Waals surface area contributed by atoms with Crippen molar-refractivity contribution >= 4 is 11.0 Å².